The fourth-order valence-corrected chi connectivity index (χ4v) is 13.0. The van der Waals surface area contributed by atoms with Crippen molar-refractivity contribution in [2.45, 2.75) is 95.5 Å². The van der Waals surface area contributed by atoms with E-state index in [-0.39, 0.29) is 35.6 Å². The lowest BCUT2D eigenvalue weighted by Gasteiger charge is -2.43. The lowest BCUT2D eigenvalue weighted by Crippen LogP contribution is -2.50. The van der Waals surface area contributed by atoms with Crippen LogP contribution in [0.1, 0.15) is 101 Å². The van der Waals surface area contributed by atoms with Crippen LogP contribution in [0.5, 0.6) is 5.75 Å². The number of aromatic nitrogens is 4. The number of para-hydroxylation sites is 2. The van der Waals surface area contributed by atoms with Crippen molar-refractivity contribution in [3.63, 3.8) is 0 Å². The van der Waals surface area contributed by atoms with Gasteiger partial charge in [0.2, 0.25) is 11.8 Å². The third-order valence-electron chi connectivity index (χ3n) is 16.2. The molecule has 16 nitrogen and oxygen atoms in total. The van der Waals surface area contributed by atoms with Gasteiger partial charge < -0.3 is 24.4 Å². The number of anilines is 3. The van der Waals surface area contributed by atoms with Crippen molar-refractivity contribution in [3.05, 3.63) is 125 Å². The molecule has 3 amide bonds. The van der Waals surface area contributed by atoms with Gasteiger partial charge in [0.05, 0.1) is 51.3 Å². The highest BCUT2D eigenvalue weighted by Gasteiger charge is 2.37. The minimum absolute atomic E-state index is 0.0293. The second-order valence-electron chi connectivity index (χ2n) is 20.9. The molecule has 2 saturated heterocycles. The molecular formula is C58H61N9O7S. The summed E-state index contributed by atoms with van der Waals surface area (Å²) in [6.45, 7) is 7.92. The largest absolute Gasteiger partial charge is 0.490 e. The smallest absolute Gasteiger partial charge is 0.355 e. The highest BCUT2D eigenvalue weighted by atomic mass is 32.1. The maximum absolute atomic E-state index is 13.7. The predicted molar refractivity (Wildman–Crippen MR) is 289 cm³/mol. The first-order valence-electron chi connectivity index (χ1n) is 26.4. The Bertz CT molecular complexity index is 3320. The second-order valence-corrected chi connectivity index (χ2v) is 22.0. The molecule has 1 unspecified atom stereocenters. The molecule has 75 heavy (non-hydrogen) atoms. The first-order valence-corrected chi connectivity index (χ1v) is 27.3. The average Bonchev–Trinajstić information content (AvgIpc) is 3.99. The summed E-state index contributed by atoms with van der Waals surface area (Å²) in [6, 6.07) is 29.4. The van der Waals surface area contributed by atoms with E-state index in [1.54, 1.807) is 0 Å². The molecular weight excluding hydrogens is 967 g/mol. The van der Waals surface area contributed by atoms with Crippen LogP contribution in [-0.2, 0) is 34.3 Å². The maximum atomic E-state index is 13.7. The van der Waals surface area contributed by atoms with E-state index in [1.165, 1.54) is 11.3 Å². The van der Waals surface area contributed by atoms with Crippen LogP contribution in [0, 0.1) is 12.8 Å². The van der Waals surface area contributed by atoms with E-state index in [9.17, 15) is 24.3 Å². The number of aryl methyl sites for hydroxylation is 1. The minimum atomic E-state index is -1.11. The van der Waals surface area contributed by atoms with Gasteiger partial charge in [0.25, 0.3) is 5.91 Å². The van der Waals surface area contributed by atoms with E-state index in [0.717, 1.165) is 132 Å². The number of piperidine rings is 1. The van der Waals surface area contributed by atoms with Crippen molar-refractivity contribution in [1.82, 2.24) is 30.0 Å². The van der Waals surface area contributed by atoms with Gasteiger partial charge in [-0.1, -0.05) is 59.9 Å². The van der Waals surface area contributed by atoms with E-state index in [4.69, 9.17) is 19.6 Å². The molecule has 12 rings (SSSR count). The number of thiazole rings is 1. The van der Waals surface area contributed by atoms with E-state index in [1.807, 2.05) is 102 Å². The number of benzene rings is 4. The van der Waals surface area contributed by atoms with Gasteiger partial charge in [-0.15, -0.1) is 0 Å². The molecule has 386 valence electrons. The Morgan fingerprint density at radius 1 is 0.800 bits per heavy atom. The topological polar surface area (TPSA) is 184 Å². The zero-order valence-corrected chi connectivity index (χ0v) is 43.1. The fraction of sp³-hybridized carbons (Fsp3) is 0.397. The number of rotatable bonds is 13. The number of carboxylic acid groups (broad SMARTS) is 1. The number of nitrogens with zero attached hydrogens (tertiary/aromatic N) is 7. The van der Waals surface area contributed by atoms with Crippen molar-refractivity contribution in [1.29, 1.82) is 0 Å². The second kappa shape index (κ2) is 20.5. The van der Waals surface area contributed by atoms with Gasteiger partial charge in [-0.3, -0.25) is 34.6 Å². The van der Waals surface area contributed by atoms with E-state index in [2.05, 4.69) is 37.6 Å². The summed E-state index contributed by atoms with van der Waals surface area (Å²) in [4.78, 5) is 67.5. The van der Waals surface area contributed by atoms with Crippen LogP contribution >= 0.6 is 11.3 Å². The Hall–Kier alpha value is -7.21. The van der Waals surface area contributed by atoms with Crippen LogP contribution in [0.15, 0.2) is 91.0 Å². The van der Waals surface area contributed by atoms with E-state index in [0.29, 0.717) is 66.5 Å². The van der Waals surface area contributed by atoms with Gasteiger partial charge in [-0.25, -0.2) is 14.8 Å². The van der Waals surface area contributed by atoms with Gasteiger partial charge in [0.1, 0.15) is 11.6 Å². The highest BCUT2D eigenvalue weighted by Crippen LogP contribution is 2.40. The number of hydrogen-bond donors (Lipinski definition) is 3. The molecule has 7 aromatic rings. The van der Waals surface area contributed by atoms with Gasteiger partial charge in [-0.05, 0) is 129 Å². The number of aromatic carboxylic acids is 1. The summed E-state index contributed by atoms with van der Waals surface area (Å²) in [5.41, 5.74) is 8.44. The number of nitrogens with one attached hydrogen (secondary N) is 2. The monoisotopic (exact) mass is 1030 g/mol. The van der Waals surface area contributed by atoms with Crippen LogP contribution < -0.4 is 25.2 Å². The molecule has 2 aliphatic carbocycles. The van der Waals surface area contributed by atoms with Crippen LogP contribution in [0.2, 0.25) is 0 Å². The Morgan fingerprint density at radius 2 is 1.59 bits per heavy atom. The summed E-state index contributed by atoms with van der Waals surface area (Å²) >= 11 is 1.44. The molecule has 6 heterocycles. The number of carbonyl (C=O) groups is 4. The Balaban J connectivity index is 0.616. The maximum Gasteiger partial charge on any atom is 0.355 e. The number of imide groups is 1. The number of fused-ring (bicyclic) bond motifs is 3. The standard InChI is InChI=1S/C58H61N9O7S/c1-34-40(41-20-22-50(60-53(41)57(71)72)67-25-24-36-8-5-10-42(45(36)33-67)55(69)62-58-59-46-12-3-4-15-49(46)75-58)9-7-14-48(34)74-38-18-16-37(17-19-38)73-39-30-35(31-39)32-65-26-28-66(29-27-65)47-13-6-11-43-52(63-64(2)54(43)47)44-21-23-51(68)61-56(44)70/h3-15,20,22,35,37-39,44H,16-19,21,23-33H2,1-2H3,(H,71,72)(H,59,62,69)(H,61,68,70). The molecule has 3 aliphatic heterocycles. The third kappa shape index (κ3) is 9.84. The first kappa shape index (κ1) is 48.7. The Labute approximate surface area is 439 Å². The van der Waals surface area contributed by atoms with Crippen molar-refractivity contribution < 1.29 is 33.8 Å². The summed E-state index contributed by atoms with van der Waals surface area (Å²) in [6.07, 6.45) is 7.90. The predicted octanol–water partition coefficient (Wildman–Crippen LogP) is 8.89. The van der Waals surface area contributed by atoms with Crippen molar-refractivity contribution in [2.75, 3.05) is 54.4 Å². The van der Waals surface area contributed by atoms with E-state index >= 15 is 0 Å². The molecule has 4 aromatic carbocycles. The average molecular weight is 1030 g/mol. The van der Waals surface area contributed by atoms with Crippen LogP contribution in [0.25, 0.3) is 32.2 Å². The molecule has 3 aromatic heterocycles. The zero-order valence-electron chi connectivity index (χ0n) is 42.3. The van der Waals surface area contributed by atoms with E-state index < -0.39 is 11.9 Å². The van der Waals surface area contributed by atoms with Crippen LogP contribution in [0.3, 0.4) is 0 Å². The Morgan fingerprint density at radius 3 is 2.39 bits per heavy atom. The molecule has 1 atom stereocenters. The summed E-state index contributed by atoms with van der Waals surface area (Å²) in [7, 11) is 1.94. The normalized spacial score (nSPS) is 22.2. The zero-order chi connectivity index (χ0) is 51.3. The van der Waals surface area contributed by atoms with Gasteiger partial charge >= 0.3 is 5.97 Å². The molecule has 0 bridgehead atoms. The van der Waals surface area contributed by atoms with Gasteiger partial charge in [0, 0.05) is 75.8 Å². The molecule has 4 fully saturated rings. The minimum Gasteiger partial charge on any atom is -0.490 e. The number of hydrogen-bond acceptors (Lipinski definition) is 13. The summed E-state index contributed by atoms with van der Waals surface area (Å²) in [5, 5.41) is 22.4. The molecule has 3 N–H and O–H groups in total. The van der Waals surface area contributed by atoms with Crippen molar-refractivity contribution >= 4 is 72.8 Å². The Kier molecular flexibility index (Phi) is 13.3. The number of amides is 3. The first-order chi connectivity index (χ1) is 36.5. The number of pyridine rings is 1. The quantitative estimate of drug-likeness (QED) is 0.0932. The lowest BCUT2D eigenvalue weighted by molar-refractivity contribution is -0.134. The fourth-order valence-electron chi connectivity index (χ4n) is 12.1. The van der Waals surface area contributed by atoms with Crippen LogP contribution in [0.4, 0.5) is 16.6 Å². The van der Waals surface area contributed by atoms with Crippen molar-refractivity contribution in [2.24, 2.45) is 13.0 Å². The summed E-state index contributed by atoms with van der Waals surface area (Å²) < 4.78 is 16.2. The molecule has 5 aliphatic rings. The number of carbonyl (C=O) groups excluding carboxylic acids is 3. The summed E-state index contributed by atoms with van der Waals surface area (Å²) in [5.74, 6) is -0.316. The van der Waals surface area contributed by atoms with Gasteiger partial charge in [-0.2, -0.15) is 5.10 Å². The number of piperazine rings is 1. The number of carboxylic acids is 1. The lowest BCUT2D eigenvalue weighted by atomic mass is 9.81. The van der Waals surface area contributed by atoms with Gasteiger partial charge in [0.15, 0.2) is 10.8 Å². The highest BCUT2D eigenvalue weighted by molar-refractivity contribution is 7.22. The van der Waals surface area contributed by atoms with Crippen molar-refractivity contribution in [3.8, 4) is 16.9 Å². The number of ether oxygens (including phenoxy) is 2. The third-order valence-corrected chi connectivity index (χ3v) is 17.1. The molecule has 0 spiro atoms. The van der Waals surface area contributed by atoms with Crippen LogP contribution in [-0.4, -0.2) is 111 Å². The molecule has 17 heteroatoms. The SMILES string of the molecule is Cc1c(OC2CCC(OC3CC(CN4CCN(c5cccc6c(C7CCC(=O)NC7=O)nn(C)c56)CC4)C3)CC2)cccc1-c1ccc(N2CCc3cccc(C(=O)Nc4nc5ccccc5s4)c3C2)nc1C(=O)O. The molecule has 2 saturated carbocycles. The molecule has 0 radical (unpaired) electrons.